The van der Waals surface area contributed by atoms with E-state index in [0.29, 0.717) is 25.2 Å². The van der Waals surface area contributed by atoms with Gasteiger partial charge in [0.05, 0.1) is 19.2 Å². The maximum atomic E-state index is 13.9. The fraction of sp³-hybridized carbons (Fsp3) is 0.448. The molecule has 3 aromatic rings. The lowest BCUT2D eigenvalue weighted by atomic mass is 9.93. The van der Waals surface area contributed by atoms with Crippen LogP contribution in [0.25, 0.3) is 10.9 Å². The van der Waals surface area contributed by atoms with E-state index < -0.39 is 5.54 Å². The summed E-state index contributed by atoms with van der Waals surface area (Å²) >= 11 is 0. The van der Waals surface area contributed by atoms with Crippen molar-refractivity contribution in [2.45, 2.75) is 70.0 Å². The third-order valence-corrected chi connectivity index (χ3v) is 7.78. The first-order chi connectivity index (χ1) is 17.0. The second-order valence-corrected chi connectivity index (χ2v) is 10.2. The number of aromatic nitrogens is 1. The largest absolute Gasteiger partial charge is 0.497 e. The molecule has 0 unspecified atom stereocenters. The van der Waals surface area contributed by atoms with Gasteiger partial charge in [0, 0.05) is 24.0 Å². The van der Waals surface area contributed by atoms with Crippen LogP contribution < -0.4 is 10.1 Å². The molecule has 2 heterocycles. The van der Waals surface area contributed by atoms with Crippen molar-refractivity contribution in [3.8, 4) is 5.75 Å². The number of amides is 2. The maximum Gasteiger partial charge on any atom is 0.271 e. The molecule has 6 nitrogen and oxygen atoms in total. The number of hydrogen-bond acceptors (Lipinski definition) is 3. The molecule has 35 heavy (non-hydrogen) atoms. The molecule has 184 valence electrons. The van der Waals surface area contributed by atoms with Crippen molar-refractivity contribution in [1.82, 2.24) is 14.8 Å². The average molecular weight is 474 g/mol. The molecule has 1 aliphatic heterocycles. The van der Waals surface area contributed by atoms with E-state index >= 15 is 0 Å². The first kappa shape index (κ1) is 23.5. The van der Waals surface area contributed by atoms with E-state index in [-0.39, 0.29) is 17.9 Å². The summed E-state index contributed by atoms with van der Waals surface area (Å²) in [6.45, 7) is 2.83. The number of rotatable bonds is 6. The average Bonchev–Trinajstić information content (AvgIpc) is 3.03. The van der Waals surface area contributed by atoms with Gasteiger partial charge in [-0.1, -0.05) is 56.0 Å². The topological polar surface area (TPSA) is 63.6 Å². The summed E-state index contributed by atoms with van der Waals surface area (Å²) in [6.07, 6.45) is 7.46. The van der Waals surface area contributed by atoms with Crippen LogP contribution in [0.2, 0.25) is 0 Å². The van der Waals surface area contributed by atoms with Crippen LogP contribution in [0, 0.1) is 0 Å². The zero-order valence-corrected chi connectivity index (χ0v) is 20.8. The predicted molar refractivity (Wildman–Crippen MR) is 138 cm³/mol. The van der Waals surface area contributed by atoms with Crippen molar-refractivity contribution in [2.24, 2.45) is 0 Å². The van der Waals surface area contributed by atoms with E-state index in [1.165, 1.54) is 12.8 Å². The summed E-state index contributed by atoms with van der Waals surface area (Å²) in [5.41, 5.74) is 1.72. The lowest BCUT2D eigenvalue weighted by Crippen LogP contribution is -2.65. The van der Waals surface area contributed by atoms with E-state index in [4.69, 9.17) is 4.74 Å². The first-order valence-corrected chi connectivity index (χ1v) is 12.8. The van der Waals surface area contributed by atoms with Gasteiger partial charge in [-0.3, -0.25) is 9.59 Å². The molecule has 2 amide bonds. The van der Waals surface area contributed by atoms with Crippen LogP contribution in [0.1, 0.15) is 61.5 Å². The van der Waals surface area contributed by atoms with Gasteiger partial charge in [-0.2, -0.15) is 0 Å². The molecule has 5 rings (SSSR count). The molecule has 0 saturated heterocycles. The molecule has 0 spiro atoms. The lowest BCUT2D eigenvalue weighted by molar-refractivity contribution is -0.133. The number of hydrogen-bond donors (Lipinski definition) is 1. The third kappa shape index (κ3) is 4.54. The SMILES string of the molecule is COc1ccc2cc3n(c2c1)C[C@](C)(C(=O)NC1CCCCCC1)N(CCc1ccccc1)C3=O. The Labute approximate surface area is 207 Å². The van der Waals surface area contributed by atoms with E-state index in [2.05, 4.69) is 17.4 Å². The Bertz CT molecular complexity index is 1210. The van der Waals surface area contributed by atoms with Crippen LogP contribution >= 0.6 is 0 Å². The van der Waals surface area contributed by atoms with Gasteiger partial charge in [-0.25, -0.2) is 0 Å². The van der Waals surface area contributed by atoms with E-state index in [9.17, 15) is 9.59 Å². The monoisotopic (exact) mass is 473 g/mol. The van der Waals surface area contributed by atoms with Gasteiger partial charge in [0.15, 0.2) is 0 Å². The molecule has 1 atom stereocenters. The quantitative estimate of drug-likeness (QED) is 0.516. The fourth-order valence-corrected chi connectivity index (χ4v) is 5.66. The predicted octanol–water partition coefficient (Wildman–Crippen LogP) is 4.95. The van der Waals surface area contributed by atoms with Gasteiger partial charge >= 0.3 is 0 Å². The van der Waals surface area contributed by atoms with Gasteiger partial charge in [-0.15, -0.1) is 0 Å². The van der Waals surface area contributed by atoms with Crippen molar-refractivity contribution >= 4 is 22.7 Å². The Morgan fingerprint density at radius 1 is 1.06 bits per heavy atom. The van der Waals surface area contributed by atoms with Crippen LogP contribution in [0.5, 0.6) is 5.75 Å². The molecule has 1 saturated carbocycles. The number of carbonyl (C=O) groups is 2. The van der Waals surface area contributed by atoms with Gasteiger partial charge < -0.3 is 19.5 Å². The van der Waals surface area contributed by atoms with Gasteiger partial charge in [0.2, 0.25) is 5.91 Å². The van der Waals surface area contributed by atoms with Gasteiger partial charge in [0.25, 0.3) is 5.91 Å². The minimum Gasteiger partial charge on any atom is -0.497 e. The van der Waals surface area contributed by atoms with Crippen LogP contribution in [-0.4, -0.2) is 46.5 Å². The molecule has 1 fully saturated rings. The molecular formula is C29H35N3O3. The second-order valence-electron chi connectivity index (χ2n) is 10.2. The summed E-state index contributed by atoms with van der Waals surface area (Å²) in [4.78, 5) is 29.6. The number of benzene rings is 2. The molecule has 2 aromatic carbocycles. The van der Waals surface area contributed by atoms with Crippen molar-refractivity contribution in [2.75, 3.05) is 13.7 Å². The van der Waals surface area contributed by atoms with Gasteiger partial charge in [-0.05, 0) is 49.9 Å². The van der Waals surface area contributed by atoms with Crippen LogP contribution in [0.15, 0.2) is 54.6 Å². The molecular weight excluding hydrogens is 438 g/mol. The van der Waals surface area contributed by atoms with Crippen molar-refractivity contribution < 1.29 is 14.3 Å². The number of nitrogens with one attached hydrogen (secondary N) is 1. The number of ether oxygens (including phenoxy) is 1. The van der Waals surface area contributed by atoms with E-state index in [1.54, 1.807) is 12.0 Å². The number of fused-ring (bicyclic) bond motifs is 3. The highest BCUT2D eigenvalue weighted by Crippen LogP contribution is 2.34. The highest BCUT2D eigenvalue weighted by atomic mass is 16.5. The smallest absolute Gasteiger partial charge is 0.271 e. The zero-order chi connectivity index (χ0) is 24.4. The summed E-state index contributed by atoms with van der Waals surface area (Å²) in [6, 6.07) is 18.1. The Kier molecular flexibility index (Phi) is 6.54. The Balaban J connectivity index is 1.50. The minimum atomic E-state index is -0.986. The molecule has 1 N–H and O–H groups in total. The standard InChI is InChI=1S/C29H35N3O3/c1-29(28(34)30-23-12-8-3-4-9-13-23)20-31-25-19-24(35-2)15-14-22(25)18-26(31)27(33)32(29)17-16-21-10-6-5-7-11-21/h5-7,10-11,14-15,18-19,23H,3-4,8-9,12-13,16-17,20H2,1-2H3,(H,30,34)/t29-/m1/s1. The summed E-state index contributed by atoms with van der Waals surface area (Å²) in [5.74, 6) is 0.587. The highest BCUT2D eigenvalue weighted by Gasteiger charge is 2.47. The van der Waals surface area contributed by atoms with Crippen molar-refractivity contribution in [1.29, 1.82) is 0 Å². The normalized spacial score (nSPS) is 21.0. The Hall–Kier alpha value is -3.28. The van der Waals surface area contributed by atoms with Crippen molar-refractivity contribution in [3.63, 3.8) is 0 Å². The maximum absolute atomic E-state index is 13.9. The Morgan fingerprint density at radius 3 is 2.51 bits per heavy atom. The van der Waals surface area contributed by atoms with E-state index in [1.807, 2.05) is 54.0 Å². The van der Waals surface area contributed by atoms with Gasteiger partial charge in [0.1, 0.15) is 17.0 Å². The summed E-state index contributed by atoms with van der Waals surface area (Å²) < 4.78 is 7.45. The first-order valence-electron chi connectivity index (χ1n) is 12.8. The molecule has 1 aliphatic carbocycles. The zero-order valence-electron chi connectivity index (χ0n) is 20.8. The molecule has 1 aromatic heterocycles. The Morgan fingerprint density at radius 2 is 1.80 bits per heavy atom. The second kappa shape index (κ2) is 9.76. The summed E-state index contributed by atoms with van der Waals surface area (Å²) in [5, 5.41) is 4.32. The van der Waals surface area contributed by atoms with Crippen LogP contribution in [0.3, 0.4) is 0 Å². The molecule has 6 heteroatoms. The number of nitrogens with zero attached hydrogens (tertiary/aromatic N) is 2. The fourth-order valence-electron chi connectivity index (χ4n) is 5.66. The number of carbonyl (C=O) groups excluding carboxylic acids is 2. The van der Waals surface area contributed by atoms with Crippen LogP contribution in [-0.2, 0) is 17.8 Å². The highest BCUT2D eigenvalue weighted by molar-refractivity contribution is 6.03. The molecule has 0 radical (unpaired) electrons. The third-order valence-electron chi connectivity index (χ3n) is 7.78. The lowest BCUT2D eigenvalue weighted by Gasteiger charge is -2.44. The van der Waals surface area contributed by atoms with Crippen LogP contribution in [0.4, 0.5) is 0 Å². The minimum absolute atomic E-state index is 0.0544. The molecule has 2 aliphatic rings. The molecule has 0 bridgehead atoms. The number of methoxy groups -OCH3 is 1. The van der Waals surface area contributed by atoms with Crippen molar-refractivity contribution in [3.05, 3.63) is 65.9 Å². The van der Waals surface area contributed by atoms with E-state index in [0.717, 1.165) is 47.9 Å². The summed E-state index contributed by atoms with van der Waals surface area (Å²) in [7, 11) is 1.64.